The minimum atomic E-state index is -0.322. The molecule has 3 aromatic rings. The van der Waals surface area contributed by atoms with E-state index in [2.05, 4.69) is 27.9 Å². The first-order chi connectivity index (χ1) is 16.0. The van der Waals surface area contributed by atoms with E-state index in [4.69, 9.17) is 18.9 Å². The molecule has 0 aliphatic carbocycles. The first-order valence-electron chi connectivity index (χ1n) is 10.6. The van der Waals surface area contributed by atoms with Gasteiger partial charge in [0, 0.05) is 3.57 Å². The molecule has 1 N–H and O–H groups in total. The second-order valence-electron chi connectivity index (χ2n) is 7.25. The van der Waals surface area contributed by atoms with Crippen LogP contribution >= 0.6 is 22.6 Å². The Balaban J connectivity index is 1.87. The van der Waals surface area contributed by atoms with Gasteiger partial charge in [-0.05, 0) is 82.6 Å². The summed E-state index contributed by atoms with van der Waals surface area (Å²) < 4.78 is 22.5. The molecule has 3 aromatic carbocycles. The Bertz CT molecular complexity index is 1070. The van der Waals surface area contributed by atoms with Crippen LogP contribution in [0, 0.1) is 3.57 Å². The summed E-state index contributed by atoms with van der Waals surface area (Å²) >= 11 is 2.21. The van der Waals surface area contributed by atoms with Crippen LogP contribution < -0.4 is 24.3 Å². The average molecular weight is 561 g/mol. The molecule has 0 spiro atoms. The van der Waals surface area contributed by atoms with E-state index in [0.29, 0.717) is 18.1 Å². The molecule has 1 atom stereocenters. The number of hydrogen-bond acceptors (Lipinski definition) is 5. The van der Waals surface area contributed by atoms with Gasteiger partial charge in [0.1, 0.15) is 11.5 Å². The number of carbonyl (C=O) groups is 1. The van der Waals surface area contributed by atoms with Crippen molar-refractivity contribution in [3.63, 3.8) is 0 Å². The summed E-state index contributed by atoms with van der Waals surface area (Å²) in [6.45, 7) is 2.55. The SMILES string of the molecule is CCOc1ccc(C(NC(=O)Cc2cc(OC)c(OC)cc2I)c2ccc(OC)cc2)cc1. The van der Waals surface area contributed by atoms with Crippen LogP contribution in [0.4, 0.5) is 0 Å². The zero-order chi connectivity index (χ0) is 23.8. The predicted octanol–water partition coefficient (Wildman–Crippen LogP) is 5.16. The molecule has 0 aromatic heterocycles. The van der Waals surface area contributed by atoms with E-state index in [0.717, 1.165) is 31.8 Å². The molecular weight excluding hydrogens is 533 g/mol. The molecule has 3 rings (SSSR count). The highest BCUT2D eigenvalue weighted by molar-refractivity contribution is 14.1. The number of halogens is 1. The number of carbonyl (C=O) groups excluding carboxylic acids is 1. The van der Waals surface area contributed by atoms with Gasteiger partial charge >= 0.3 is 0 Å². The lowest BCUT2D eigenvalue weighted by Crippen LogP contribution is -2.30. The number of nitrogens with one attached hydrogen (secondary N) is 1. The molecule has 33 heavy (non-hydrogen) atoms. The molecule has 0 aliphatic heterocycles. The van der Waals surface area contributed by atoms with Crippen molar-refractivity contribution in [2.75, 3.05) is 27.9 Å². The Hall–Kier alpha value is -2.94. The third-order valence-electron chi connectivity index (χ3n) is 5.18. The summed E-state index contributed by atoms with van der Waals surface area (Å²) in [6, 6.07) is 18.9. The third-order valence-corrected chi connectivity index (χ3v) is 6.19. The van der Waals surface area contributed by atoms with Crippen LogP contribution in [-0.2, 0) is 11.2 Å². The van der Waals surface area contributed by atoms with Crippen molar-refractivity contribution in [1.82, 2.24) is 5.32 Å². The largest absolute Gasteiger partial charge is 0.497 e. The first-order valence-corrected chi connectivity index (χ1v) is 11.6. The molecule has 0 bridgehead atoms. The molecule has 0 fully saturated rings. The number of hydrogen-bond donors (Lipinski definition) is 1. The lowest BCUT2D eigenvalue weighted by atomic mass is 9.98. The van der Waals surface area contributed by atoms with Gasteiger partial charge in [-0.2, -0.15) is 0 Å². The third kappa shape index (κ3) is 6.31. The fourth-order valence-corrected chi connectivity index (χ4v) is 4.12. The van der Waals surface area contributed by atoms with Gasteiger partial charge in [-0.15, -0.1) is 0 Å². The lowest BCUT2D eigenvalue weighted by molar-refractivity contribution is -0.120. The van der Waals surface area contributed by atoms with Crippen LogP contribution in [0.5, 0.6) is 23.0 Å². The summed E-state index contributed by atoms with van der Waals surface area (Å²) in [5, 5.41) is 3.18. The van der Waals surface area contributed by atoms with Crippen molar-refractivity contribution in [2.24, 2.45) is 0 Å². The Morgan fingerprint density at radius 1 is 0.848 bits per heavy atom. The van der Waals surface area contributed by atoms with Crippen molar-refractivity contribution in [1.29, 1.82) is 0 Å². The summed E-state index contributed by atoms with van der Waals surface area (Å²) in [6.07, 6.45) is 0.211. The van der Waals surface area contributed by atoms with Crippen LogP contribution in [-0.4, -0.2) is 33.8 Å². The van der Waals surface area contributed by atoms with E-state index in [9.17, 15) is 4.79 Å². The van der Waals surface area contributed by atoms with Crippen molar-refractivity contribution in [3.8, 4) is 23.0 Å². The molecule has 0 saturated heterocycles. The van der Waals surface area contributed by atoms with Crippen molar-refractivity contribution in [3.05, 3.63) is 80.9 Å². The van der Waals surface area contributed by atoms with Crippen LogP contribution in [0.2, 0.25) is 0 Å². The number of methoxy groups -OCH3 is 3. The molecule has 0 saturated carbocycles. The highest BCUT2D eigenvalue weighted by Gasteiger charge is 2.19. The number of rotatable bonds is 10. The Labute approximate surface area is 208 Å². The second kappa shape index (κ2) is 11.8. The maximum absolute atomic E-state index is 13.1. The lowest BCUT2D eigenvalue weighted by Gasteiger charge is -2.21. The van der Waals surface area contributed by atoms with Gasteiger partial charge in [-0.3, -0.25) is 4.79 Å². The van der Waals surface area contributed by atoms with Gasteiger partial charge < -0.3 is 24.3 Å². The van der Waals surface area contributed by atoms with Crippen molar-refractivity contribution >= 4 is 28.5 Å². The fraction of sp³-hybridized carbons (Fsp3) is 0.269. The minimum Gasteiger partial charge on any atom is -0.497 e. The second-order valence-corrected chi connectivity index (χ2v) is 8.41. The fourth-order valence-electron chi connectivity index (χ4n) is 3.50. The van der Waals surface area contributed by atoms with Crippen LogP contribution in [0.1, 0.15) is 29.7 Å². The number of benzene rings is 3. The standard InChI is InChI=1S/C26H28INO5/c1-5-33-21-12-8-18(9-13-21)26(17-6-10-20(30-2)11-7-17)28-25(29)15-19-14-23(31-3)24(32-4)16-22(19)27/h6-14,16,26H,5,15H2,1-4H3,(H,28,29). The van der Waals surface area contributed by atoms with Gasteiger partial charge in [0.05, 0.1) is 40.4 Å². The van der Waals surface area contributed by atoms with Crippen molar-refractivity contribution in [2.45, 2.75) is 19.4 Å². The minimum absolute atomic E-state index is 0.102. The van der Waals surface area contributed by atoms with E-state index >= 15 is 0 Å². The smallest absolute Gasteiger partial charge is 0.225 e. The van der Waals surface area contributed by atoms with Gasteiger partial charge in [-0.1, -0.05) is 24.3 Å². The van der Waals surface area contributed by atoms with E-state index in [1.165, 1.54) is 0 Å². The van der Waals surface area contributed by atoms with E-state index in [-0.39, 0.29) is 18.4 Å². The highest BCUT2D eigenvalue weighted by Crippen LogP contribution is 2.32. The summed E-state index contributed by atoms with van der Waals surface area (Å²) in [4.78, 5) is 13.1. The molecule has 1 unspecified atom stereocenters. The summed E-state index contributed by atoms with van der Waals surface area (Å²) in [7, 11) is 4.81. The molecule has 0 aliphatic rings. The maximum atomic E-state index is 13.1. The quantitative estimate of drug-likeness (QED) is 0.347. The van der Waals surface area contributed by atoms with E-state index in [1.54, 1.807) is 21.3 Å². The Morgan fingerprint density at radius 3 is 1.91 bits per heavy atom. The zero-order valence-corrected chi connectivity index (χ0v) is 21.3. The molecule has 0 heterocycles. The molecule has 1 amide bonds. The summed E-state index contributed by atoms with van der Waals surface area (Å²) in [5.74, 6) is 2.68. The van der Waals surface area contributed by atoms with Gasteiger partial charge in [0.15, 0.2) is 11.5 Å². The zero-order valence-electron chi connectivity index (χ0n) is 19.2. The number of amides is 1. The molecule has 6 nitrogen and oxygen atoms in total. The summed E-state index contributed by atoms with van der Waals surface area (Å²) in [5.41, 5.74) is 2.78. The molecule has 174 valence electrons. The van der Waals surface area contributed by atoms with Crippen LogP contribution in [0.3, 0.4) is 0 Å². The maximum Gasteiger partial charge on any atom is 0.225 e. The molecular formula is C26H28INO5. The van der Waals surface area contributed by atoms with Gasteiger partial charge in [0.25, 0.3) is 0 Å². The predicted molar refractivity (Wildman–Crippen MR) is 137 cm³/mol. The number of ether oxygens (including phenoxy) is 4. The molecule has 7 heteroatoms. The topological polar surface area (TPSA) is 66.0 Å². The highest BCUT2D eigenvalue weighted by atomic mass is 127. The van der Waals surface area contributed by atoms with Crippen LogP contribution in [0.25, 0.3) is 0 Å². The Kier molecular flexibility index (Phi) is 8.82. The average Bonchev–Trinajstić information content (AvgIpc) is 2.84. The van der Waals surface area contributed by atoms with Crippen LogP contribution in [0.15, 0.2) is 60.7 Å². The monoisotopic (exact) mass is 561 g/mol. The van der Waals surface area contributed by atoms with Gasteiger partial charge in [-0.25, -0.2) is 0 Å². The Morgan fingerprint density at radius 2 is 1.39 bits per heavy atom. The molecule has 0 radical (unpaired) electrons. The van der Waals surface area contributed by atoms with Gasteiger partial charge in [0.2, 0.25) is 5.91 Å². The van der Waals surface area contributed by atoms with Crippen molar-refractivity contribution < 1.29 is 23.7 Å². The first kappa shape index (κ1) is 24.7. The van der Waals surface area contributed by atoms with E-state index in [1.807, 2.05) is 67.6 Å². The van der Waals surface area contributed by atoms with E-state index < -0.39 is 0 Å². The normalized spacial score (nSPS) is 11.4.